The predicted octanol–water partition coefficient (Wildman–Crippen LogP) is 2.10. The Morgan fingerprint density at radius 1 is 1.27 bits per heavy atom. The Bertz CT molecular complexity index is 878. The van der Waals surface area contributed by atoms with E-state index in [0.717, 1.165) is 24.2 Å². The number of carbonyl (C=O) groups is 1. The number of piperidine rings is 1. The molecular formula is C18H21N7O. The molecule has 0 spiro atoms. The number of H-pyrrole nitrogens is 1. The molecule has 1 amide bonds. The predicted molar refractivity (Wildman–Crippen MR) is 95.4 cm³/mol. The number of hydrogen-bond donors (Lipinski definition) is 1. The summed E-state index contributed by atoms with van der Waals surface area (Å²) in [6.07, 6.45) is 6.90. The smallest absolute Gasteiger partial charge is 0.272 e. The van der Waals surface area contributed by atoms with Gasteiger partial charge in [-0.1, -0.05) is 0 Å². The highest BCUT2D eigenvalue weighted by Crippen LogP contribution is 2.27. The fourth-order valence-electron chi connectivity index (χ4n) is 3.37. The van der Waals surface area contributed by atoms with Gasteiger partial charge in [-0.05, 0) is 38.0 Å². The highest BCUT2D eigenvalue weighted by molar-refractivity contribution is 5.92. The highest BCUT2D eigenvalue weighted by Gasteiger charge is 2.27. The van der Waals surface area contributed by atoms with Gasteiger partial charge in [-0.15, -0.1) is 0 Å². The Morgan fingerprint density at radius 2 is 2.12 bits per heavy atom. The zero-order valence-corrected chi connectivity index (χ0v) is 14.7. The second kappa shape index (κ2) is 7.07. The normalized spacial score (nSPS) is 15.3. The van der Waals surface area contributed by atoms with Gasteiger partial charge in [-0.3, -0.25) is 19.6 Å². The monoisotopic (exact) mass is 351 g/mol. The number of amides is 1. The summed E-state index contributed by atoms with van der Waals surface area (Å²) in [5, 5.41) is 11.6. The molecule has 1 fully saturated rings. The minimum Gasteiger partial charge on any atom is -0.337 e. The van der Waals surface area contributed by atoms with Gasteiger partial charge in [0.15, 0.2) is 5.82 Å². The minimum atomic E-state index is 0.0522. The average Bonchev–Trinajstić information content (AvgIpc) is 3.38. The van der Waals surface area contributed by atoms with E-state index in [4.69, 9.17) is 0 Å². The summed E-state index contributed by atoms with van der Waals surface area (Å²) in [6.45, 7) is 4.10. The number of likely N-dealkylation sites (tertiary alicyclic amines) is 1. The molecule has 26 heavy (non-hydrogen) atoms. The molecule has 4 rings (SSSR count). The molecular weight excluding hydrogens is 330 g/mol. The summed E-state index contributed by atoms with van der Waals surface area (Å²) in [5.41, 5.74) is 1.56. The third-order valence-electron chi connectivity index (χ3n) is 4.83. The lowest BCUT2D eigenvalue weighted by Gasteiger charge is -2.31. The van der Waals surface area contributed by atoms with Crippen LogP contribution in [0.25, 0.3) is 11.4 Å². The van der Waals surface area contributed by atoms with Gasteiger partial charge in [0, 0.05) is 49.7 Å². The number of rotatable bonds is 4. The SMILES string of the molecule is CCn1nccc1C(=O)N1CCC(c2nc(-c3cccnc3)n[nH]2)CC1. The number of carbonyl (C=O) groups excluding carboxylic acids is 1. The van der Waals surface area contributed by atoms with Gasteiger partial charge in [0.1, 0.15) is 11.5 Å². The zero-order valence-electron chi connectivity index (χ0n) is 14.7. The van der Waals surface area contributed by atoms with Crippen molar-refractivity contribution in [2.24, 2.45) is 0 Å². The molecule has 0 saturated carbocycles. The molecule has 1 aliphatic rings. The fraction of sp³-hybridized carbons (Fsp3) is 0.389. The summed E-state index contributed by atoms with van der Waals surface area (Å²) < 4.78 is 1.74. The Morgan fingerprint density at radius 3 is 2.85 bits per heavy atom. The summed E-state index contributed by atoms with van der Waals surface area (Å²) >= 11 is 0. The number of pyridine rings is 1. The van der Waals surface area contributed by atoms with Gasteiger partial charge < -0.3 is 4.90 Å². The molecule has 0 bridgehead atoms. The van der Waals surface area contributed by atoms with Gasteiger partial charge in [0.2, 0.25) is 0 Å². The van der Waals surface area contributed by atoms with E-state index in [2.05, 4.69) is 25.3 Å². The van der Waals surface area contributed by atoms with Crippen molar-refractivity contribution in [2.45, 2.75) is 32.2 Å². The van der Waals surface area contributed by atoms with Crippen molar-refractivity contribution in [3.8, 4) is 11.4 Å². The largest absolute Gasteiger partial charge is 0.337 e. The lowest BCUT2D eigenvalue weighted by molar-refractivity contribution is 0.0698. The number of aryl methyl sites for hydroxylation is 1. The van der Waals surface area contributed by atoms with E-state index in [1.54, 1.807) is 29.3 Å². The lowest BCUT2D eigenvalue weighted by atomic mass is 9.96. The highest BCUT2D eigenvalue weighted by atomic mass is 16.2. The maximum absolute atomic E-state index is 12.7. The quantitative estimate of drug-likeness (QED) is 0.777. The summed E-state index contributed by atoms with van der Waals surface area (Å²) in [5.74, 6) is 1.89. The van der Waals surface area contributed by atoms with Crippen LogP contribution >= 0.6 is 0 Å². The number of hydrogen-bond acceptors (Lipinski definition) is 5. The van der Waals surface area contributed by atoms with Crippen molar-refractivity contribution < 1.29 is 4.79 Å². The maximum atomic E-state index is 12.7. The van der Waals surface area contributed by atoms with Crippen LogP contribution in [0.5, 0.6) is 0 Å². The van der Waals surface area contributed by atoms with Crippen molar-refractivity contribution in [2.75, 3.05) is 13.1 Å². The van der Waals surface area contributed by atoms with Crippen molar-refractivity contribution in [1.82, 2.24) is 34.8 Å². The summed E-state index contributed by atoms with van der Waals surface area (Å²) in [4.78, 5) is 23.3. The molecule has 134 valence electrons. The van der Waals surface area contributed by atoms with E-state index in [9.17, 15) is 4.79 Å². The third kappa shape index (κ3) is 3.10. The molecule has 1 N–H and O–H groups in total. The van der Waals surface area contributed by atoms with Crippen LogP contribution in [0.4, 0.5) is 0 Å². The molecule has 4 heterocycles. The van der Waals surface area contributed by atoms with Gasteiger partial charge in [-0.2, -0.15) is 10.2 Å². The molecule has 8 heteroatoms. The molecule has 3 aromatic heterocycles. The van der Waals surface area contributed by atoms with Crippen LogP contribution in [0.2, 0.25) is 0 Å². The van der Waals surface area contributed by atoms with Crippen molar-refractivity contribution in [1.29, 1.82) is 0 Å². The van der Waals surface area contributed by atoms with Gasteiger partial charge in [0.25, 0.3) is 5.91 Å². The molecule has 1 saturated heterocycles. The zero-order chi connectivity index (χ0) is 17.9. The molecule has 3 aromatic rings. The van der Waals surface area contributed by atoms with Crippen LogP contribution in [0.15, 0.2) is 36.8 Å². The van der Waals surface area contributed by atoms with E-state index in [1.165, 1.54) is 0 Å². The van der Waals surface area contributed by atoms with Crippen LogP contribution in [0.1, 0.15) is 42.0 Å². The molecule has 0 aliphatic carbocycles. The van der Waals surface area contributed by atoms with Crippen LogP contribution in [-0.4, -0.2) is 53.8 Å². The molecule has 1 aliphatic heterocycles. The Hall–Kier alpha value is -3.03. The van der Waals surface area contributed by atoms with Crippen LogP contribution in [-0.2, 0) is 6.54 Å². The van der Waals surface area contributed by atoms with Gasteiger partial charge in [0.05, 0.1) is 0 Å². The second-order valence-corrected chi connectivity index (χ2v) is 6.38. The van der Waals surface area contributed by atoms with Gasteiger partial charge >= 0.3 is 0 Å². The topological polar surface area (TPSA) is 92.6 Å². The van der Waals surface area contributed by atoms with Crippen LogP contribution in [0, 0.1) is 0 Å². The first-order valence-electron chi connectivity index (χ1n) is 8.90. The van der Waals surface area contributed by atoms with E-state index in [-0.39, 0.29) is 11.8 Å². The second-order valence-electron chi connectivity index (χ2n) is 6.38. The number of aromatic nitrogens is 6. The van der Waals surface area contributed by atoms with Crippen molar-refractivity contribution in [3.63, 3.8) is 0 Å². The third-order valence-corrected chi connectivity index (χ3v) is 4.83. The first-order chi connectivity index (χ1) is 12.8. The van der Waals surface area contributed by atoms with E-state index >= 15 is 0 Å². The van der Waals surface area contributed by atoms with E-state index in [0.29, 0.717) is 31.2 Å². The van der Waals surface area contributed by atoms with Crippen LogP contribution < -0.4 is 0 Å². The molecule has 0 radical (unpaired) electrons. The first-order valence-corrected chi connectivity index (χ1v) is 8.90. The molecule has 0 atom stereocenters. The fourth-order valence-corrected chi connectivity index (χ4v) is 3.37. The molecule has 0 unspecified atom stereocenters. The molecule has 0 aromatic carbocycles. The Kier molecular flexibility index (Phi) is 4.47. The minimum absolute atomic E-state index is 0.0522. The van der Waals surface area contributed by atoms with E-state index < -0.39 is 0 Å². The standard InChI is InChI=1S/C18H21N7O/c1-2-25-15(5-9-20-25)18(26)24-10-6-13(7-11-24)16-21-17(23-22-16)14-4-3-8-19-12-14/h3-5,8-9,12-13H,2,6-7,10-11H2,1H3,(H,21,22,23). The summed E-state index contributed by atoms with van der Waals surface area (Å²) in [7, 11) is 0. The number of nitrogens with zero attached hydrogens (tertiary/aromatic N) is 6. The average molecular weight is 351 g/mol. The van der Waals surface area contributed by atoms with Crippen molar-refractivity contribution >= 4 is 5.91 Å². The first kappa shape index (κ1) is 16.4. The maximum Gasteiger partial charge on any atom is 0.272 e. The Labute approximate surface area is 151 Å². The van der Waals surface area contributed by atoms with E-state index in [1.807, 2.05) is 24.0 Å². The van der Waals surface area contributed by atoms with Crippen LogP contribution in [0.3, 0.4) is 0 Å². The number of aromatic amines is 1. The summed E-state index contributed by atoms with van der Waals surface area (Å²) in [6, 6.07) is 5.60. The van der Waals surface area contributed by atoms with Gasteiger partial charge in [-0.25, -0.2) is 4.98 Å². The lowest BCUT2D eigenvalue weighted by Crippen LogP contribution is -2.39. The van der Waals surface area contributed by atoms with Crippen molar-refractivity contribution in [3.05, 3.63) is 48.3 Å². The molecule has 8 nitrogen and oxygen atoms in total. The number of nitrogens with one attached hydrogen (secondary N) is 1. The Balaban J connectivity index is 1.41.